The van der Waals surface area contributed by atoms with E-state index >= 15 is 0 Å². The number of hydrogen-bond acceptors (Lipinski definition) is 2. The Morgan fingerprint density at radius 1 is 0.857 bits per heavy atom. The number of hydrogen-bond donors (Lipinski definition) is 0. The van der Waals surface area contributed by atoms with Gasteiger partial charge in [-0.25, -0.2) is 0 Å². The normalized spacial score (nSPS) is 12.3. The first-order valence-electron chi connectivity index (χ1n) is 7.23. The van der Waals surface area contributed by atoms with Crippen LogP contribution in [0.1, 0.15) is 30.4 Å². The maximum atomic E-state index is 5.20. The first-order chi connectivity index (χ1) is 10.3. The van der Waals surface area contributed by atoms with Gasteiger partial charge in [0, 0.05) is 5.92 Å². The van der Waals surface area contributed by atoms with Crippen LogP contribution in [-0.4, -0.2) is 14.2 Å². The second-order valence-corrected chi connectivity index (χ2v) is 4.92. The fourth-order valence-electron chi connectivity index (χ4n) is 2.28. The topological polar surface area (TPSA) is 18.5 Å². The van der Waals surface area contributed by atoms with Crippen molar-refractivity contribution in [2.24, 2.45) is 0 Å². The molecule has 0 heterocycles. The molecule has 0 aromatic heterocycles. The van der Waals surface area contributed by atoms with Crippen molar-refractivity contribution < 1.29 is 9.47 Å². The van der Waals surface area contributed by atoms with E-state index in [1.807, 2.05) is 24.3 Å². The summed E-state index contributed by atoms with van der Waals surface area (Å²) in [6.07, 6.45) is 5.49. The molecular formula is C19H22O2. The molecule has 1 unspecified atom stereocenters. The first kappa shape index (κ1) is 15.2. The van der Waals surface area contributed by atoms with Gasteiger partial charge in [0.05, 0.1) is 14.2 Å². The lowest BCUT2D eigenvalue weighted by Crippen LogP contribution is -1.93. The molecule has 2 aromatic rings. The first-order valence-corrected chi connectivity index (χ1v) is 7.23. The maximum absolute atomic E-state index is 5.20. The summed E-state index contributed by atoms with van der Waals surface area (Å²) in [6, 6.07) is 16.4. The van der Waals surface area contributed by atoms with Gasteiger partial charge in [-0.2, -0.15) is 0 Å². The smallest absolute Gasteiger partial charge is 0.118 e. The van der Waals surface area contributed by atoms with Crippen LogP contribution in [0.25, 0.3) is 6.08 Å². The molecule has 0 saturated carbocycles. The summed E-state index contributed by atoms with van der Waals surface area (Å²) in [5.74, 6) is 2.19. The van der Waals surface area contributed by atoms with Gasteiger partial charge in [-0.1, -0.05) is 43.3 Å². The zero-order chi connectivity index (χ0) is 15.1. The van der Waals surface area contributed by atoms with Crippen molar-refractivity contribution in [1.82, 2.24) is 0 Å². The van der Waals surface area contributed by atoms with Crippen molar-refractivity contribution in [1.29, 1.82) is 0 Å². The van der Waals surface area contributed by atoms with E-state index in [0.717, 1.165) is 17.9 Å². The molecule has 2 heteroatoms. The van der Waals surface area contributed by atoms with Crippen LogP contribution in [0.3, 0.4) is 0 Å². The molecule has 0 spiro atoms. The van der Waals surface area contributed by atoms with E-state index in [1.54, 1.807) is 14.2 Å². The van der Waals surface area contributed by atoms with Crippen LogP contribution in [0.4, 0.5) is 0 Å². The van der Waals surface area contributed by atoms with Gasteiger partial charge in [0.1, 0.15) is 11.5 Å². The van der Waals surface area contributed by atoms with Gasteiger partial charge in [-0.05, 0) is 41.8 Å². The van der Waals surface area contributed by atoms with Crippen LogP contribution < -0.4 is 9.47 Å². The highest BCUT2D eigenvalue weighted by Gasteiger charge is 2.05. The number of allylic oxidation sites excluding steroid dienone is 1. The monoisotopic (exact) mass is 282 g/mol. The predicted molar refractivity (Wildman–Crippen MR) is 88.1 cm³/mol. The van der Waals surface area contributed by atoms with Crippen LogP contribution in [-0.2, 0) is 0 Å². The second kappa shape index (κ2) is 7.53. The minimum Gasteiger partial charge on any atom is -0.497 e. The Morgan fingerprint density at radius 2 is 1.38 bits per heavy atom. The van der Waals surface area contributed by atoms with Gasteiger partial charge >= 0.3 is 0 Å². The van der Waals surface area contributed by atoms with Crippen LogP contribution in [0, 0.1) is 0 Å². The molecule has 0 aliphatic heterocycles. The molecule has 0 amide bonds. The highest BCUT2D eigenvalue weighted by atomic mass is 16.5. The van der Waals surface area contributed by atoms with Gasteiger partial charge in [0.25, 0.3) is 0 Å². The Bertz CT molecular complexity index is 568. The van der Waals surface area contributed by atoms with E-state index in [1.165, 1.54) is 11.1 Å². The lowest BCUT2D eigenvalue weighted by atomic mass is 9.95. The van der Waals surface area contributed by atoms with E-state index in [-0.39, 0.29) is 0 Å². The minimum absolute atomic E-state index is 0.415. The van der Waals surface area contributed by atoms with Crippen LogP contribution >= 0.6 is 0 Å². The number of rotatable bonds is 6. The SMILES string of the molecule is CCC(/C=C/c1ccc(OC)cc1)c1ccc(OC)cc1. The van der Waals surface area contributed by atoms with E-state index in [0.29, 0.717) is 5.92 Å². The van der Waals surface area contributed by atoms with Crippen molar-refractivity contribution >= 4 is 6.08 Å². The van der Waals surface area contributed by atoms with Gasteiger partial charge in [-0.15, -0.1) is 0 Å². The highest BCUT2D eigenvalue weighted by molar-refractivity contribution is 5.52. The minimum atomic E-state index is 0.415. The molecule has 0 aliphatic carbocycles. The summed E-state index contributed by atoms with van der Waals surface area (Å²) in [5.41, 5.74) is 2.49. The molecule has 0 fully saturated rings. The Labute approximate surface area is 127 Å². The molecule has 2 aromatic carbocycles. The third-order valence-electron chi connectivity index (χ3n) is 3.62. The lowest BCUT2D eigenvalue weighted by Gasteiger charge is -2.11. The fraction of sp³-hybridized carbons (Fsp3) is 0.263. The van der Waals surface area contributed by atoms with Gasteiger partial charge in [0.15, 0.2) is 0 Å². The fourth-order valence-corrected chi connectivity index (χ4v) is 2.28. The van der Waals surface area contributed by atoms with Crippen LogP contribution in [0.5, 0.6) is 11.5 Å². The number of benzene rings is 2. The molecule has 1 atom stereocenters. The van der Waals surface area contributed by atoms with Crippen molar-refractivity contribution in [3.8, 4) is 11.5 Å². The molecule has 0 aliphatic rings. The van der Waals surface area contributed by atoms with Gasteiger partial charge in [0.2, 0.25) is 0 Å². The maximum Gasteiger partial charge on any atom is 0.118 e. The largest absolute Gasteiger partial charge is 0.497 e. The predicted octanol–water partition coefficient (Wildman–Crippen LogP) is 4.91. The molecule has 110 valence electrons. The Kier molecular flexibility index (Phi) is 5.44. The summed E-state index contributed by atoms with van der Waals surface area (Å²) in [5, 5.41) is 0. The zero-order valence-electron chi connectivity index (χ0n) is 12.9. The Hall–Kier alpha value is -2.22. The summed E-state index contributed by atoms with van der Waals surface area (Å²) >= 11 is 0. The molecule has 0 bridgehead atoms. The molecule has 0 radical (unpaired) electrons. The van der Waals surface area contributed by atoms with Gasteiger partial charge < -0.3 is 9.47 Å². The van der Waals surface area contributed by atoms with E-state index < -0.39 is 0 Å². The zero-order valence-corrected chi connectivity index (χ0v) is 12.9. The summed E-state index contributed by atoms with van der Waals surface area (Å²) in [7, 11) is 3.37. The summed E-state index contributed by atoms with van der Waals surface area (Å²) < 4.78 is 10.4. The molecule has 2 rings (SSSR count). The highest BCUT2D eigenvalue weighted by Crippen LogP contribution is 2.24. The van der Waals surface area contributed by atoms with Crippen molar-refractivity contribution in [3.63, 3.8) is 0 Å². The second-order valence-electron chi connectivity index (χ2n) is 4.92. The third kappa shape index (κ3) is 4.12. The van der Waals surface area contributed by atoms with Crippen LogP contribution in [0.2, 0.25) is 0 Å². The van der Waals surface area contributed by atoms with Crippen molar-refractivity contribution in [2.45, 2.75) is 19.3 Å². The van der Waals surface area contributed by atoms with Crippen LogP contribution in [0.15, 0.2) is 54.6 Å². The molecule has 2 nitrogen and oxygen atoms in total. The Balaban J connectivity index is 2.11. The van der Waals surface area contributed by atoms with Crippen molar-refractivity contribution in [3.05, 3.63) is 65.7 Å². The standard InChI is InChI=1S/C19H22O2/c1-4-16(17-9-13-19(21-3)14-10-17)8-5-15-6-11-18(20-2)12-7-15/h5-14,16H,4H2,1-3H3/b8-5+. The van der Waals surface area contributed by atoms with E-state index in [2.05, 4.69) is 43.3 Å². The van der Waals surface area contributed by atoms with Gasteiger partial charge in [-0.3, -0.25) is 0 Å². The summed E-state index contributed by atoms with van der Waals surface area (Å²) in [6.45, 7) is 2.20. The average Bonchev–Trinajstić information content (AvgIpc) is 2.56. The quantitative estimate of drug-likeness (QED) is 0.749. The molecule has 0 saturated heterocycles. The number of methoxy groups -OCH3 is 2. The number of ether oxygens (including phenoxy) is 2. The average molecular weight is 282 g/mol. The lowest BCUT2D eigenvalue weighted by molar-refractivity contribution is 0.414. The van der Waals surface area contributed by atoms with Crippen molar-refractivity contribution in [2.75, 3.05) is 14.2 Å². The summed E-state index contributed by atoms with van der Waals surface area (Å²) in [4.78, 5) is 0. The third-order valence-corrected chi connectivity index (χ3v) is 3.62. The van der Waals surface area contributed by atoms with E-state index in [9.17, 15) is 0 Å². The molecular weight excluding hydrogens is 260 g/mol. The molecule has 0 N–H and O–H groups in total. The Morgan fingerprint density at radius 3 is 1.86 bits per heavy atom. The molecule has 21 heavy (non-hydrogen) atoms. The van der Waals surface area contributed by atoms with E-state index in [4.69, 9.17) is 9.47 Å².